The lowest BCUT2D eigenvalue weighted by Crippen LogP contribution is -2.36. The van der Waals surface area contributed by atoms with Crippen LogP contribution >= 0.6 is 0 Å². The summed E-state index contributed by atoms with van der Waals surface area (Å²) in [6.07, 6.45) is 4.46. The molecule has 3 nitrogen and oxygen atoms in total. The summed E-state index contributed by atoms with van der Waals surface area (Å²) in [6, 6.07) is 2.19. The van der Waals surface area contributed by atoms with E-state index in [4.69, 9.17) is 4.42 Å². The SMILES string of the molecule is CC1(C)CCN(Cc2cc(CNC(C)(C)C)co2)CC1. The lowest BCUT2D eigenvalue weighted by Gasteiger charge is -2.36. The smallest absolute Gasteiger partial charge is 0.118 e. The van der Waals surface area contributed by atoms with Gasteiger partial charge in [0.2, 0.25) is 0 Å². The largest absolute Gasteiger partial charge is 0.468 e. The van der Waals surface area contributed by atoms with Crippen LogP contribution in [0.3, 0.4) is 0 Å². The van der Waals surface area contributed by atoms with Crippen molar-refractivity contribution in [3.05, 3.63) is 23.7 Å². The van der Waals surface area contributed by atoms with E-state index in [1.165, 1.54) is 31.5 Å². The van der Waals surface area contributed by atoms with Crippen LogP contribution in [0.5, 0.6) is 0 Å². The third kappa shape index (κ3) is 4.95. The Morgan fingerprint density at radius 3 is 2.50 bits per heavy atom. The van der Waals surface area contributed by atoms with Crippen molar-refractivity contribution in [3.8, 4) is 0 Å². The van der Waals surface area contributed by atoms with Gasteiger partial charge in [-0.05, 0) is 58.2 Å². The van der Waals surface area contributed by atoms with Crippen LogP contribution in [0.2, 0.25) is 0 Å². The molecular weight excluding hydrogens is 248 g/mol. The predicted octanol–water partition coefficient (Wildman–Crippen LogP) is 3.79. The van der Waals surface area contributed by atoms with Gasteiger partial charge in [-0.3, -0.25) is 4.90 Å². The predicted molar refractivity (Wildman–Crippen MR) is 83.6 cm³/mol. The normalized spacial score (nSPS) is 20.2. The Bertz CT molecular complexity index is 418. The fourth-order valence-electron chi connectivity index (χ4n) is 2.51. The fourth-order valence-corrected chi connectivity index (χ4v) is 2.51. The maximum atomic E-state index is 5.70. The van der Waals surface area contributed by atoms with Crippen molar-refractivity contribution in [1.29, 1.82) is 0 Å². The van der Waals surface area contributed by atoms with Gasteiger partial charge in [0.1, 0.15) is 5.76 Å². The fraction of sp³-hybridized carbons (Fsp3) is 0.765. The molecule has 3 heteroatoms. The molecule has 0 spiro atoms. The molecule has 1 N–H and O–H groups in total. The van der Waals surface area contributed by atoms with Gasteiger partial charge in [0.15, 0.2) is 0 Å². The number of hydrogen-bond acceptors (Lipinski definition) is 3. The highest BCUT2D eigenvalue weighted by atomic mass is 16.3. The maximum absolute atomic E-state index is 5.70. The van der Waals surface area contributed by atoms with E-state index < -0.39 is 0 Å². The Morgan fingerprint density at radius 2 is 1.90 bits per heavy atom. The number of hydrogen-bond donors (Lipinski definition) is 1. The lowest BCUT2D eigenvalue weighted by molar-refractivity contribution is 0.120. The van der Waals surface area contributed by atoms with Crippen molar-refractivity contribution < 1.29 is 4.42 Å². The minimum absolute atomic E-state index is 0.149. The Hall–Kier alpha value is -0.800. The van der Waals surface area contributed by atoms with Crippen LogP contribution in [0.25, 0.3) is 0 Å². The van der Waals surface area contributed by atoms with Gasteiger partial charge in [-0.15, -0.1) is 0 Å². The second-order valence-corrected chi connectivity index (χ2v) is 7.97. The zero-order valence-corrected chi connectivity index (χ0v) is 13.8. The highest BCUT2D eigenvalue weighted by Gasteiger charge is 2.25. The topological polar surface area (TPSA) is 28.4 Å². The van der Waals surface area contributed by atoms with Crippen LogP contribution in [0.1, 0.15) is 58.8 Å². The van der Waals surface area contributed by atoms with Crippen LogP contribution in [-0.4, -0.2) is 23.5 Å². The highest BCUT2D eigenvalue weighted by Crippen LogP contribution is 2.30. The number of likely N-dealkylation sites (tertiary alicyclic amines) is 1. The van der Waals surface area contributed by atoms with Crippen molar-refractivity contribution >= 4 is 0 Å². The van der Waals surface area contributed by atoms with Gasteiger partial charge in [0.05, 0.1) is 12.8 Å². The molecule has 1 saturated heterocycles. The number of rotatable bonds is 4. The van der Waals surface area contributed by atoms with Gasteiger partial charge in [-0.2, -0.15) is 0 Å². The van der Waals surface area contributed by atoms with Crippen LogP contribution in [0.4, 0.5) is 0 Å². The first-order chi connectivity index (χ1) is 9.23. The standard InChI is InChI=1S/C17H30N2O/c1-16(2,3)18-11-14-10-15(20-13-14)12-19-8-6-17(4,5)7-9-19/h10,13,18H,6-9,11-12H2,1-5H3. The van der Waals surface area contributed by atoms with Gasteiger partial charge in [0.25, 0.3) is 0 Å². The van der Waals surface area contributed by atoms with E-state index in [1.54, 1.807) is 0 Å². The molecule has 0 aromatic carbocycles. The average Bonchev–Trinajstić information content (AvgIpc) is 2.76. The summed E-state index contributed by atoms with van der Waals surface area (Å²) in [4.78, 5) is 2.51. The Labute approximate surface area is 123 Å². The second kappa shape index (κ2) is 5.90. The molecule has 1 aromatic heterocycles. The molecular formula is C17H30N2O. The van der Waals surface area contributed by atoms with Gasteiger partial charge in [-0.25, -0.2) is 0 Å². The van der Waals surface area contributed by atoms with Gasteiger partial charge >= 0.3 is 0 Å². The van der Waals surface area contributed by atoms with Crippen molar-refractivity contribution in [1.82, 2.24) is 10.2 Å². The maximum Gasteiger partial charge on any atom is 0.118 e. The van der Waals surface area contributed by atoms with E-state index in [-0.39, 0.29) is 5.54 Å². The molecule has 0 amide bonds. The minimum atomic E-state index is 0.149. The number of piperidine rings is 1. The summed E-state index contributed by atoms with van der Waals surface area (Å²) in [5, 5.41) is 3.49. The zero-order chi connectivity index (χ0) is 14.8. The first-order valence-electron chi connectivity index (χ1n) is 7.77. The molecule has 20 heavy (non-hydrogen) atoms. The van der Waals surface area contributed by atoms with Gasteiger partial charge in [-0.1, -0.05) is 13.8 Å². The first kappa shape index (κ1) is 15.6. The van der Waals surface area contributed by atoms with Crippen LogP contribution in [-0.2, 0) is 13.1 Å². The van der Waals surface area contributed by atoms with Gasteiger partial charge < -0.3 is 9.73 Å². The third-order valence-electron chi connectivity index (χ3n) is 4.12. The van der Waals surface area contributed by atoms with E-state index >= 15 is 0 Å². The van der Waals surface area contributed by atoms with Crippen molar-refractivity contribution in [3.63, 3.8) is 0 Å². The highest BCUT2D eigenvalue weighted by molar-refractivity contribution is 5.13. The van der Waals surface area contributed by atoms with E-state index in [0.717, 1.165) is 18.8 Å². The number of nitrogens with one attached hydrogen (secondary N) is 1. The third-order valence-corrected chi connectivity index (χ3v) is 4.12. The molecule has 0 atom stereocenters. The van der Waals surface area contributed by atoms with Crippen LogP contribution in [0.15, 0.2) is 16.7 Å². The summed E-state index contributed by atoms with van der Waals surface area (Å²) in [5.74, 6) is 1.09. The quantitative estimate of drug-likeness (QED) is 0.908. The second-order valence-electron chi connectivity index (χ2n) is 7.97. The summed E-state index contributed by atoms with van der Waals surface area (Å²) >= 11 is 0. The molecule has 2 rings (SSSR count). The van der Waals surface area contributed by atoms with Crippen LogP contribution in [0, 0.1) is 5.41 Å². The summed E-state index contributed by atoms with van der Waals surface area (Å²) in [7, 11) is 0. The average molecular weight is 278 g/mol. The molecule has 2 heterocycles. The van der Waals surface area contributed by atoms with E-state index in [1.807, 2.05) is 6.26 Å². The lowest BCUT2D eigenvalue weighted by atomic mass is 9.83. The van der Waals surface area contributed by atoms with Crippen molar-refractivity contribution in [2.24, 2.45) is 5.41 Å². The molecule has 1 aliphatic rings. The van der Waals surface area contributed by atoms with Crippen molar-refractivity contribution in [2.75, 3.05) is 13.1 Å². The Balaban J connectivity index is 1.81. The number of furan rings is 1. The molecule has 0 bridgehead atoms. The molecule has 0 radical (unpaired) electrons. The Morgan fingerprint density at radius 1 is 1.25 bits per heavy atom. The molecule has 1 fully saturated rings. The summed E-state index contributed by atoms with van der Waals surface area (Å²) in [5.41, 5.74) is 1.91. The zero-order valence-electron chi connectivity index (χ0n) is 13.8. The Kier molecular flexibility index (Phi) is 4.60. The van der Waals surface area contributed by atoms with Gasteiger partial charge in [0, 0.05) is 17.6 Å². The molecule has 0 aliphatic carbocycles. The molecule has 114 valence electrons. The molecule has 0 unspecified atom stereocenters. The summed E-state index contributed by atoms with van der Waals surface area (Å²) in [6.45, 7) is 15.5. The van der Waals surface area contributed by atoms with Crippen molar-refractivity contribution in [2.45, 2.75) is 66.1 Å². The van der Waals surface area contributed by atoms with E-state index in [0.29, 0.717) is 5.41 Å². The van der Waals surface area contributed by atoms with Crippen LogP contribution < -0.4 is 5.32 Å². The molecule has 0 saturated carbocycles. The minimum Gasteiger partial charge on any atom is -0.468 e. The monoisotopic (exact) mass is 278 g/mol. The van der Waals surface area contributed by atoms with E-state index in [2.05, 4.69) is 50.9 Å². The number of nitrogens with zero attached hydrogens (tertiary/aromatic N) is 1. The van der Waals surface area contributed by atoms with E-state index in [9.17, 15) is 0 Å². The molecule has 1 aliphatic heterocycles. The first-order valence-corrected chi connectivity index (χ1v) is 7.77. The summed E-state index contributed by atoms with van der Waals surface area (Å²) < 4.78 is 5.70. The molecule has 1 aromatic rings.